The molecule has 2 rings (SSSR count). The number of rotatable bonds is 8. The van der Waals surface area contributed by atoms with Crippen molar-refractivity contribution in [1.29, 1.82) is 0 Å². The monoisotopic (exact) mass is 395 g/mol. The largest absolute Gasteiger partial charge is 0.355 e. The summed E-state index contributed by atoms with van der Waals surface area (Å²) in [5, 5.41) is 6.22. The van der Waals surface area contributed by atoms with E-state index in [4.69, 9.17) is 0 Å². The van der Waals surface area contributed by atoms with Crippen LogP contribution in [0, 0.1) is 0 Å². The van der Waals surface area contributed by atoms with Crippen LogP contribution in [0.5, 0.6) is 0 Å². The van der Waals surface area contributed by atoms with Crippen LogP contribution in [0.25, 0.3) is 0 Å². The number of sulfonamides is 1. The number of hydrogen-bond acceptors (Lipinski definition) is 4. The van der Waals surface area contributed by atoms with Crippen LogP contribution in [-0.4, -0.2) is 50.3 Å². The maximum absolute atomic E-state index is 12.6. The second kappa shape index (κ2) is 9.66. The normalized spacial score (nSPS) is 16.3. The zero-order chi connectivity index (χ0) is 19.9. The highest BCUT2D eigenvalue weighted by atomic mass is 32.2. The van der Waals surface area contributed by atoms with Crippen molar-refractivity contribution in [3.05, 3.63) is 29.8 Å². The molecular weight excluding hydrogens is 362 g/mol. The molecule has 1 aliphatic rings. The van der Waals surface area contributed by atoms with Crippen LogP contribution in [0.15, 0.2) is 29.2 Å². The van der Waals surface area contributed by atoms with E-state index in [1.807, 2.05) is 12.1 Å². The number of piperidine rings is 1. The Hall–Kier alpha value is -1.44. The third kappa shape index (κ3) is 7.24. The number of amides is 1. The lowest BCUT2D eigenvalue weighted by Gasteiger charge is -2.25. The van der Waals surface area contributed by atoms with Crippen molar-refractivity contribution in [3.63, 3.8) is 0 Å². The van der Waals surface area contributed by atoms with E-state index in [1.165, 1.54) is 0 Å². The predicted octanol–water partition coefficient (Wildman–Crippen LogP) is 2.30. The first-order chi connectivity index (χ1) is 12.7. The van der Waals surface area contributed by atoms with Gasteiger partial charge >= 0.3 is 0 Å². The average Bonchev–Trinajstić information content (AvgIpc) is 2.64. The summed E-state index contributed by atoms with van der Waals surface area (Å²) >= 11 is 0. The minimum Gasteiger partial charge on any atom is -0.355 e. The highest BCUT2D eigenvalue weighted by molar-refractivity contribution is 7.89. The second-order valence-corrected chi connectivity index (χ2v) is 10.1. The van der Waals surface area contributed by atoms with Gasteiger partial charge in [0.15, 0.2) is 0 Å². The van der Waals surface area contributed by atoms with Gasteiger partial charge < -0.3 is 10.6 Å². The summed E-state index contributed by atoms with van der Waals surface area (Å²) in [7, 11) is -3.39. The van der Waals surface area contributed by atoms with Crippen molar-refractivity contribution in [2.75, 3.05) is 26.2 Å². The maximum Gasteiger partial charge on any atom is 0.243 e. The van der Waals surface area contributed by atoms with Crippen molar-refractivity contribution < 1.29 is 13.2 Å². The van der Waals surface area contributed by atoms with E-state index in [2.05, 4.69) is 31.4 Å². The zero-order valence-electron chi connectivity index (χ0n) is 16.8. The van der Waals surface area contributed by atoms with E-state index in [9.17, 15) is 13.2 Å². The molecule has 7 heteroatoms. The quantitative estimate of drug-likeness (QED) is 0.662. The topological polar surface area (TPSA) is 78.5 Å². The molecule has 0 atom stereocenters. The number of nitrogens with one attached hydrogen (secondary N) is 2. The zero-order valence-corrected chi connectivity index (χ0v) is 17.6. The molecule has 1 fully saturated rings. The molecule has 0 radical (unpaired) electrons. The van der Waals surface area contributed by atoms with Gasteiger partial charge in [0.05, 0.1) is 4.90 Å². The minimum absolute atomic E-state index is 0.00993. The second-order valence-electron chi connectivity index (χ2n) is 8.14. The highest BCUT2D eigenvalue weighted by Crippen LogP contribution is 2.21. The number of carbonyl (C=O) groups is 1. The van der Waals surface area contributed by atoms with E-state index in [0.717, 1.165) is 31.4 Å². The molecule has 1 amide bonds. The Morgan fingerprint density at radius 2 is 1.67 bits per heavy atom. The van der Waals surface area contributed by atoms with Gasteiger partial charge in [-0.25, -0.2) is 8.42 Å². The molecule has 0 spiro atoms. The number of benzene rings is 1. The van der Waals surface area contributed by atoms with Crippen molar-refractivity contribution >= 4 is 15.9 Å². The van der Waals surface area contributed by atoms with Crippen molar-refractivity contribution in [2.45, 2.75) is 63.3 Å². The van der Waals surface area contributed by atoms with Crippen molar-refractivity contribution in [2.24, 2.45) is 0 Å². The Kier molecular flexibility index (Phi) is 7.82. The van der Waals surface area contributed by atoms with E-state index in [1.54, 1.807) is 16.4 Å². The minimum atomic E-state index is -3.39. The lowest BCUT2D eigenvalue weighted by molar-refractivity contribution is -0.121. The van der Waals surface area contributed by atoms with Crippen LogP contribution in [0.1, 0.15) is 52.0 Å². The smallest absolute Gasteiger partial charge is 0.243 e. The number of carbonyl (C=O) groups excluding carboxylic acids is 1. The summed E-state index contributed by atoms with van der Waals surface area (Å²) in [4.78, 5) is 12.3. The average molecular weight is 396 g/mol. The van der Waals surface area contributed by atoms with Crippen molar-refractivity contribution in [1.82, 2.24) is 14.9 Å². The summed E-state index contributed by atoms with van der Waals surface area (Å²) in [6.45, 7) is 8.81. The Balaban J connectivity index is 1.79. The van der Waals surface area contributed by atoms with Gasteiger partial charge in [0.1, 0.15) is 0 Å². The molecule has 1 heterocycles. The molecule has 1 aliphatic heterocycles. The number of hydrogen-bond donors (Lipinski definition) is 2. The Morgan fingerprint density at radius 3 is 2.26 bits per heavy atom. The fourth-order valence-electron chi connectivity index (χ4n) is 3.07. The van der Waals surface area contributed by atoms with Gasteiger partial charge in [-0.15, -0.1) is 0 Å². The summed E-state index contributed by atoms with van der Waals surface area (Å²) in [5.41, 5.74) is 1.01. The number of aryl methyl sites for hydroxylation is 1. The van der Waals surface area contributed by atoms with Gasteiger partial charge in [-0.3, -0.25) is 4.79 Å². The third-order valence-corrected chi connectivity index (χ3v) is 6.53. The molecule has 6 nitrogen and oxygen atoms in total. The molecule has 1 aromatic carbocycles. The maximum atomic E-state index is 12.6. The molecular formula is C20H33N3O3S. The summed E-state index contributed by atoms with van der Waals surface area (Å²) in [6, 6.07) is 6.94. The molecule has 0 saturated carbocycles. The first kappa shape index (κ1) is 21.9. The molecule has 152 valence electrons. The molecule has 0 aromatic heterocycles. The Labute approximate surface area is 163 Å². The van der Waals surface area contributed by atoms with Crippen LogP contribution >= 0.6 is 0 Å². The first-order valence-electron chi connectivity index (χ1n) is 9.79. The molecule has 2 N–H and O–H groups in total. The summed E-state index contributed by atoms with van der Waals surface area (Å²) in [6.07, 6.45) is 3.95. The molecule has 1 aromatic rings. The van der Waals surface area contributed by atoms with Gasteiger partial charge in [-0.1, -0.05) is 18.6 Å². The Bertz CT molecular complexity index is 703. The van der Waals surface area contributed by atoms with Crippen molar-refractivity contribution in [3.8, 4) is 0 Å². The van der Waals surface area contributed by atoms with E-state index >= 15 is 0 Å². The SMILES string of the molecule is CC(C)(C)NCCNC(=O)CCc1ccc(S(=O)(=O)N2CCCCC2)cc1. The fraction of sp³-hybridized carbons (Fsp3) is 0.650. The lowest BCUT2D eigenvalue weighted by atomic mass is 10.1. The lowest BCUT2D eigenvalue weighted by Crippen LogP contribution is -2.41. The van der Waals surface area contributed by atoms with E-state index in [-0.39, 0.29) is 11.4 Å². The van der Waals surface area contributed by atoms with Gasteiger partial charge in [-0.2, -0.15) is 4.31 Å². The predicted molar refractivity (Wildman–Crippen MR) is 108 cm³/mol. The third-order valence-electron chi connectivity index (χ3n) is 4.62. The van der Waals surface area contributed by atoms with E-state index in [0.29, 0.717) is 37.4 Å². The van der Waals surface area contributed by atoms with Crippen LogP contribution in [0.3, 0.4) is 0 Å². The van der Waals surface area contributed by atoms with Crippen LogP contribution in [0.4, 0.5) is 0 Å². The molecule has 0 aliphatic carbocycles. The molecule has 27 heavy (non-hydrogen) atoms. The van der Waals surface area contributed by atoms with Crippen LogP contribution < -0.4 is 10.6 Å². The van der Waals surface area contributed by atoms with E-state index < -0.39 is 10.0 Å². The molecule has 1 saturated heterocycles. The summed E-state index contributed by atoms with van der Waals surface area (Å²) < 4.78 is 26.8. The van der Waals surface area contributed by atoms with Gasteiger partial charge in [0.2, 0.25) is 15.9 Å². The Morgan fingerprint density at radius 1 is 1.04 bits per heavy atom. The fourth-order valence-corrected chi connectivity index (χ4v) is 4.59. The molecule has 0 unspecified atom stereocenters. The van der Waals surface area contributed by atoms with Crippen LogP contribution in [-0.2, 0) is 21.2 Å². The first-order valence-corrected chi connectivity index (χ1v) is 11.2. The number of nitrogens with zero attached hydrogens (tertiary/aromatic N) is 1. The van der Waals surface area contributed by atoms with Gasteiger partial charge in [0, 0.05) is 38.1 Å². The van der Waals surface area contributed by atoms with Crippen LogP contribution in [0.2, 0.25) is 0 Å². The van der Waals surface area contributed by atoms with Gasteiger partial charge in [-0.05, 0) is 57.7 Å². The summed E-state index contributed by atoms with van der Waals surface area (Å²) in [5.74, 6) is 0.00993. The standard InChI is InChI=1S/C20H33N3O3S/c1-20(2,3)22-14-13-21-19(24)12-9-17-7-10-18(11-8-17)27(25,26)23-15-5-4-6-16-23/h7-8,10-11,22H,4-6,9,12-16H2,1-3H3,(H,21,24). The van der Waals surface area contributed by atoms with Gasteiger partial charge in [0.25, 0.3) is 0 Å². The highest BCUT2D eigenvalue weighted by Gasteiger charge is 2.25. The molecule has 0 bridgehead atoms.